The van der Waals surface area contributed by atoms with Gasteiger partial charge in [0, 0.05) is 11.8 Å². The van der Waals surface area contributed by atoms with E-state index in [0.717, 1.165) is 34.9 Å². The van der Waals surface area contributed by atoms with Crippen LogP contribution in [0.4, 0.5) is 18.9 Å². The SMILES string of the molecule is CCc1ccc(Oc2c(C(F)(F)F)oc3cc(OCC(=O)Nc4c(C(C)C)cccc4C(C)C)ccc3c2=O)cc1. The Labute approximate surface area is 236 Å². The van der Waals surface area contributed by atoms with E-state index in [9.17, 15) is 22.8 Å². The van der Waals surface area contributed by atoms with Crippen LogP contribution in [0.25, 0.3) is 11.0 Å². The fourth-order valence-electron chi connectivity index (χ4n) is 4.46. The van der Waals surface area contributed by atoms with Crippen LogP contribution in [-0.4, -0.2) is 12.5 Å². The second kappa shape index (κ2) is 12.1. The second-order valence-electron chi connectivity index (χ2n) is 10.3. The molecule has 216 valence electrons. The molecular formula is C32H32F3NO5. The molecule has 0 saturated carbocycles. The van der Waals surface area contributed by atoms with Gasteiger partial charge in [-0.1, -0.05) is 65.0 Å². The molecule has 1 heterocycles. The third kappa shape index (κ3) is 6.73. The maximum absolute atomic E-state index is 13.9. The maximum atomic E-state index is 13.9. The molecule has 0 aliphatic rings. The number of fused-ring (bicyclic) bond motifs is 1. The Morgan fingerprint density at radius 1 is 0.927 bits per heavy atom. The summed E-state index contributed by atoms with van der Waals surface area (Å²) in [4.78, 5) is 25.9. The van der Waals surface area contributed by atoms with Crippen LogP contribution < -0.4 is 20.2 Å². The highest BCUT2D eigenvalue weighted by molar-refractivity contribution is 5.94. The monoisotopic (exact) mass is 567 g/mol. The van der Waals surface area contributed by atoms with Crippen molar-refractivity contribution in [3.05, 3.63) is 93.3 Å². The molecule has 0 spiro atoms. The summed E-state index contributed by atoms with van der Waals surface area (Å²) in [5.41, 5.74) is 2.33. The van der Waals surface area contributed by atoms with Crippen LogP contribution in [-0.2, 0) is 17.4 Å². The summed E-state index contributed by atoms with van der Waals surface area (Å²) in [6.45, 7) is 9.66. The van der Waals surface area contributed by atoms with Crippen molar-refractivity contribution in [1.82, 2.24) is 0 Å². The average Bonchev–Trinajstić information content (AvgIpc) is 2.92. The van der Waals surface area contributed by atoms with Crippen molar-refractivity contribution in [3.8, 4) is 17.2 Å². The first-order chi connectivity index (χ1) is 19.4. The minimum atomic E-state index is -5.00. The third-order valence-electron chi connectivity index (χ3n) is 6.64. The molecule has 0 saturated heterocycles. The van der Waals surface area contributed by atoms with Crippen LogP contribution in [0.3, 0.4) is 0 Å². The summed E-state index contributed by atoms with van der Waals surface area (Å²) in [5, 5.41) is 2.80. The summed E-state index contributed by atoms with van der Waals surface area (Å²) < 4.78 is 57.9. The van der Waals surface area contributed by atoms with Crippen LogP contribution in [0.2, 0.25) is 0 Å². The number of amides is 1. The van der Waals surface area contributed by atoms with Crippen LogP contribution in [0.5, 0.6) is 17.2 Å². The van der Waals surface area contributed by atoms with Crippen LogP contribution in [0.15, 0.2) is 69.9 Å². The minimum absolute atomic E-state index is 0.0639. The number of nitrogens with one attached hydrogen (secondary N) is 1. The summed E-state index contributed by atoms with van der Waals surface area (Å²) in [6, 6.07) is 16.1. The third-order valence-corrected chi connectivity index (χ3v) is 6.64. The molecule has 0 atom stereocenters. The first-order valence-electron chi connectivity index (χ1n) is 13.4. The van der Waals surface area contributed by atoms with Gasteiger partial charge in [-0.15, -0.1) is 0 Å². The van der Waals surface area contributed by atoms with Gasteiger partial charge in [0.2, 0.25) is 11.2 Å². The summed E-state index contributed by atoms with van der Waals surface area (Å²) in [6.07, 6.45) is -4.26. The Kier molecular flexibility index (Phi) is 8.75. The topological polar surface area (TPSA) is 77.8 Å². The summed E-state index contributed by atoms with van der Waals surface area (Å²) in [7, 11) is 0. The lowest BCUT2D eigenvalue weighted by atomic mass is 9.92. The van der Waals surface area contributed by atoms with Crippen LogP contribution in [0.1, 0.15) is 68.9 Å². The zero-order valence-corrected chi connectivity index (χ0v) is 23.5. The van der Waals surface area contributed by atoms with Crippen molar-refractivity contribution in [3.63, 3.8) is 0 Å². The first kappa shape index (κ1) is 29.7. The van der Waals surface area contributed by atoms with E-state index >= 15 is 0 Å². The number of benzene rings is 3. The van der Waals surface area contributed by atoms with E-state index in [1.165, 1.54) is 24.3 Å². The number of carbonyl (C=O) groups is 1. The van der Waals surface area contributed by atoms with Gasteiger partial charge in [0.1, 0.15) is 17.1 Å². The predicted octanol–water partition coefficient (Wildman–Crippen LogP) is 8.43. The van der Waals surface area contributed by atoms with Crippen molar-refractivity contribution < 1.29 is 31.9 Å². The number of halogens is 3. The van der Waals surface area contributed by atoms with Gasteiger partial charge in [0.25, 0.3) is 11.7 Å². The number of aryl methyl sites for hydroxylation is 1. The average molecular weight is 568 g/mol. The first-order valence-corrected chi connectivity index (χ1v) is 13.4. The van der Waals surface area contributed by atoms with Gasteiger partial charge >= 0.3 is 6.18 Å². The number of para-hydroxylation sites is 1. The van der Waals surface area contributed by atoms with Crippen molar-refractivity contribution in [1.29, 1.82) is 0 Å². The number of hydrogen-bond acceptors (Lipinski definition) is 5. The second-order valence-corrected chi connectivity index (χ2v) is 10.3. The van der Waals surface area contributed by atoms with Gasteiger partial charge in [-0.05, 0) is 59.2 Å². The van der Waals surface area contributed by atoms with E-state index < -0.39 is 35.6 Å². The lowest BCUT2D eigenvalue weighted by Gasteiger charge is -2.20. The van der Waals surface area contributed by atoms with E-state index in [1.54, 1.807) is 12.1 Å². The fourth-order valence-corrected chi connectivity index (χ4v) is 4.46. The molecule has 41 heavy (non-hydrogen) atoms. The van der Waals surface area contributed by atoms with Crippen molar-refractivity contribution in [2.45, 2.75) is 59.1 Å². The number of hydrogen-bond donors (Lipinski definition) is 1. The van der Waals surface area contributed by atoms with Gasteiger partial charge in [-0.25, -0.2) is 0 Å². The molecule has 0 unspecified atom stereocenters. The molecule has 6 nitrogen and oxygen atoms in total. The molecule has 0 fully saturated rings. The molecule has 1 amide bonds. The number of carbonyl (C=O) groups excluding carboxylic acids is 1. The highest BCUT2D eigenvalue weighted by atomic mass is 19.4. The van der Waals surface area contributed by atoms with E-state index in [2.05, 4.69) is 5.32 Å². The molecule has 0 radical (unpaired) electrons. The predicted molar refractivity (Wildman–Crippen MR) is 152 cm³/mol. The number of anilines is 1. The Balaban J connectivity index is 1.59. The van der Waals surface area contributed by atoms with Gasteiger partial charge < -0.3 is 19.2 Å². The molecule has 0 aliphatic heterocycles. The van der Waals surface area contributed by atoms with E-state index in [4.69, 9.17) is 13.9 Å². The zero-order chi connectivity index (χ0) is 29.9. The highest BCUT2D eigenvalue weighted by Crippen LogP contribution is 2.39. The molecule has 9 heteroatoms. The Morgan fingerprint density at radius 3 is 2.10 bits per heavy atom. The number of ether oxygens (including phenoxy) is 2. The van der Waals surface area contributed by atoms with Crippen LogP contribution >= 0.6 is 0 Å². The van der Waals surface area contributed by atoms with E-state index in [0.29, 0.717) is 0 Å². The molecule has 0 aliphatic carbocycles. The van der Waals surface area contributed by atoms with Gasteiger partial charge in [0.15, 0.2) is 6.61 Å². The Bertz CT molecular complexity index is 1580. The lowest BCUT2D eigenvalue weighted by Crippen LogP contribution is -2.22. The fraction of sp³-hybridized carbons (Fsp3) is 0.312. The Hall–Kier alpha value is -4.27. The van der Waals surface area contributed by atoms with Gasteiger partial charge in [0.05, 0.1) is 5.39 Å². The minimum Gasteiger partial charge on any atom is -0.484 e. The van der Waals surface area contributed by atoms with Gasteiger partial charge in [-0.2, -0.15) is 13.2 Å². The summed E-state index contributed by atoms with van der Waals surface area (Å²) in [5.74, 6) is -2.47. The van der Waals surface area contributed by atoms with E-state index in [-0.39, 0.29) is 34.3 Å². The number of rotatable bonds is 9. The van der Waals surface area contributed by atoms with Crippen molar-refractivity contribution >= 4 is 22.6 Å². The molecule has 1 N–H and O–H groups in total. The molecular weight excluding hydrogens is 535 g/mol. The largest absolute Gasteiger partial charge is 0.484 e. The zero-order valence-electron chi connectivity index (χ0n) is 23.5. The molecule has 4 rings (SSSR count). The normalized spacial score (nSPS) is 11.8. The van der Waals surface area contributed by atoms with Gasteiger partial charge in [-0.3, -0.25) is 9.59 Å². The Morgan fingerprint density at radius 2 is 1.54 bits per heavy atom. The molecule has 0 bridgehead atoms. The maximum Gasteiger partial charge on any atom is 0.453 e. The van der Waals surface area contributed by atoms with Crippen LogP contribution in [0, 0.1) is 0 Å². The smallest absolute Gasteiger partial charge is 0.453 e. The molecule has 1 aromatic heterocycles. The summed E-state index contributed by atoms with van der Waals surface area (Å²) >= 11 is 0. The van der Waals surface area contributed by atoms with Crippen molar-refractivity contribution in [2.24, 2.45) is 0 Å². The van der Waals surface area contributed by atoms with Crippen molar-refractivity contribution in [2.75, 3.05) is 11.9 Å². The quantitative estimate of drug-likeness (QED) is 0.220. The molecule has 4 aromatic rings. The standard InChI is InChI=1S/C32H32F3NO5/c1-6-20-10-12-21(13-11-20)40-30-29(38)25-15-14-22(16-26(25)41-31(30)32(33,34)35)39-17-27(37)36-28-23(18(2)3)8-7-9-24(28)19(4)5/h7-16,18-19H,6,17H2,1-5H3,(H,36,37). The van der Waals surface area contributed by atoms with E-state index in [1.807, 2.05) is 52.8 Å². The molecule has 3 aromatic carbocycles. The lowest BCUT2D eigenvalue weighted by molar-refractivity contribution is -0.154. The highest BCUT2D eigenvalue weighted by Gasteiger charge is 2.40. The number of alkyl halides is 3.